The molecule has 0 radical (unpaired) electrons. The zero-order chi connectivity index (χ0) is 9.40. The second-order valence-electron chi connectivity index (χ2n) is 2.75. The number of hydrogen-bond acceptors (Lipinski definition) is 1. The second kappa shape index (κ2) is 6.71. The molecular weight excluding hydrogens is 146 g/mol. The Morgan fingerprint density at radius 1 is 1.50 bits per heavy atom. The van der Waals surface area contributed by atoms with Crippen molar-refractivity contribution in [2.45, 2.75) is 20.3 Å². The van der Waals surface area contributed by atoms with Crippen molar-refractivity contribution >= 4 is 0 Å². The van der Waals surface area contributed by atoms with E-state index in [0.29, 0.717) is 0 Å². The summed E-state index contributed by atoms with van der Waals surface area (Å²) in [5.74, 6) is 0. The summed E-state index contributed by atoms with van der Waals surface area (Å²) in [6.07, 6.45) is 9.15. The summed E-state index contributed by atoms with van der Waals surface area (Å²) < 4.78 is 0. The zero-order valence-corrected chi connectivity index (χ0v) is 8.38. The largest absolute Gasteiger partial charge is 0.375 e. The van der Waals surface area contributed by atoms with Gasteiger partial charge in [0.15, 0.2) is 0 Å². The minimum atomic E-state index is 1.09. The molecule has 0 aliphatic carbocycles. The molecule has 0 saturated heterocycles. The quantitative estimate of drug-likeness (QED) is 0.566. The van der Waals surface area contributed by atoms with Crippen molar-refractivity contribution in [3.05, 3.63) is 36.6 Å². The van der Waals surface area contributed by atoms with Crippen LogP contribution in [0.5, 0.6) is 0 Å². The van der Waals surface area contributed by atoms with Crippen LogP contribution in [0.4, 0.5) is 0 Å². The fourth-order valence-electron chi connectivity index (χ4n) is 1.07. The highest BCUT2D eigenvalue weighted by Gasteiger charge is 1.96. The molecule has 0 aromatic heterocycles. The van der Waals surface area contributed by atoms with Gasteiger partial charge >= 0.3 is 0 Å². The van der Waals surface area contributed by atoms with Gasteiger partial charge in [-0.2, -0.15) is 0 Å². The molecule has 0 aromatic rings. The van der Waals surface area contributed by atoms with Crippen molar-refractivity contribution < 1.29 is 0 Å². The van der Waals surface area contributed by atoms with E-state index in [2.05, 4.69) is 31.5 Å². The smallest absolute Gasteiger partial charge is 0.0360 e. The van der Waals surface area contributed by atoms with Crippen LogP contribution in [0, 0.1) is 0 Å². The number of likely N-dealkylation sites (N-methyl/N-ethyl adjacent to an activating group) is 1. The maximum absolute atomic E-state index is 3.69. The number of nitrogens with zero attached hydrogens (tertiary/aromatic N) is 1. The molecule has 0 saturated carbocycles. The van der Waals surface area contributed by atoms with Crippen molar-refractivity contribution in [1.82, 2.24) is 4.90 Å². The van der Waals surface area contributed by atoms with Gasteiger partial charge in [-0.05, 0) is 25.5 Å². The molecule has 0 rings (SSSR count). The predicted molar refractivity (Wildman–Crippen MR) is 56.0 cm³/mol. The lowest BCUT2D eigenvalue weighted by Crippen LogP contribution is -2.17. The van der Waals surface area contributed by atoms with Crippen LogP contribution in [-0.4, -0.2) is 18.5 Å². The van der Waals surface area contributed by atoms with Crippen molar-refractivity contribution in [2.75, 3.05) is 13.6 Å². The van der Waals surface area contributed by atoms with Gasteiger partial charge < -0.3 is 4.90 Å². The molecular formula is C11H19N. The number of allylic oxidation sites excluding steroid dienone is 4. The summed E-state index contributed by atoms with van der Waals surface area (Å²) in [6.45, 7) is 8.98. The third-order valence-corrected chi connectivity index (χ3v) is 1.63. The van der Waals surface area contributed by atoms with Gasteiger partial charge in [0.1, 0.15) is 0 Å². The van der Waals surface area contributed by atoms with Crippen LogP contribution in [0.1, 0.15) is 20.3 Å². The predicted octanol–water partition coefficient (Wildman–Crippen LogP) is 2.97. The summed E-state index contributed by atoms with van der Waals surface area (Å²) in [4.78, 5) is 2.22. The average molecular weight is 165 g/mol. The topological polar surface area (TPSA) is 3.24 Å². The van der Waals surface area contributed by atoms with E-state index in [4.69, 9.17) is 0 Å². The third-order valence-electron chi connectivity index (χ3n) is 1.63. The van der Waals surface area contributed by atoms with E-state index in [1.165, 1.54) is 12.1 Å². The Bertz CT molecular complexity index is 177. The standard InChI is InChI=1S/C11H19N/c1-5-8-11(9-6-2)12(4)10-7-3/h5-6,8-9H,1,7,10H2,2-4H3/b9-6-,11-8+. The fraction of sp³-hybridized carbons (Fsp3) is 0.455. The molecule has 0 fully saturated rings. The van der Waals surface area contributed by atoms with Crippen molar-refractivity contribution in [1.29, 1.82) is 0 Å². The average Bonchev–Trinajstić information content (AvgIpc) is 2.04. The Labute approximate surface area is 76.1 Å². The van der Waals surface area contributed by atoms with E-state index in [9.17, 15) is 0 Å². The van der Waals surface area contributed by atoms with Gasteiger partial charge in [0.25, 0.3) is 0 Å². The van der Waals surface area contributed by atoms with Crippen molar-refractivity contribution in [2.24, 2.45) is 0 Å². The molecule has 0 N–H and O–H groups in total. The second-order valence-corrected chi connectivity index (χ2v) is 2.75. The minimum absolute atomic E-state index is 1.09. The van der Waals surface area contributed by atoms with Crippen LogP contribution < -0.4 is 0 Å². The molecule has 68 valence electrons. The highest BCUT2D eigenvalue weighted by atomic mass is 15.1. The third kappa shape index (κ3) is 4.02. The maximum Gasteiger partial charge on any atom is 0.0360 e. The van der Waals surface area contributed by atoms with E-state index in [-0.39, 0.29) is 0 Å². The molecule has 0 aliphatic heterocycles. The summed E-state index contributed by atoms with van der Waals surface area (Å²) in [5, 5.41) is 0. The monoisotopic (exact) mass is 165 g/mol. The first-order valence-electron chi connectivity index (χ1n) is 4.42. The van der Waals surface area contributed by atoms with E-state index in [0.717, 1.165) is 6.54 Å². The Morgan fingerprint density at radius 3 is 2.58 bits per heavy atom. The lowest BCUT2D eigenvalue weighted by molar-refractivity contribution is 0.429. The first-order chi connectivity index (χ1) is 5.76. The Morgan fingerprint density at radius 2 is 2.17 bits per heavy atom. The first kappa shape index (κ1) is 11.0. The Hall–Kier alpha value is -0.980. The van der Waals surface area contributed by atoms with Gasteiger partial charge in [-0.15, -0.1) is 0 Å². The van der Waals surface area contributed by atoms with Crippen LogP contribution in [0.3, 0.4) is 0 Å². The highest BCUT2D eigenvalue weighted by Crippen LogP contribution is 2.04. The maximum atomic E-state index is 3.69. The first-order valence-corrected chi connectivity index (χ1v) is 4.42. The van der Waals surface area contributed by atoms with Gasteiger partial charge in [0.05, 0.1) is 0 Å². The van der Waals surface area contributed by atoms with Crippen LogP contribution in [-0.2, 0) is 0 Å². The van der Waals surface area contributed by atoms with E-state index in [1.807, 2.05) is 25.2 Å². The lowest BCUT2D eigenvalue weighted by atomic mass is 10.3. The van der Waals surface area contributed by atoms with Gasteiger partial charge in [-0.3, -0.25) is 0 Å². The van der Waals surface area contributed by atoms with Gasteiger partial charge in [0.2, 0.25) is 0 Å². The molecule has 0 atom stereocenters. The summed E-state index contributed by atoms with van der Waals surface area (Å²) >= 11 is 0. The number of rotatable bonds is 5. The molecule has 1 heteroatoms. The molecule has 0 heterocycles. The zero-order valence-electron chi connectivity index (χ0n) is 8.38. The summed E-state index contributed by atoms with van der Waals surface area (Å²) in [7, 11) is 2.10. The van der Waals surface area contributed by atoms with Crippen molar-refractivity contribution in [3.63, 3.8) is 0 Å². The normalized spacial score (nSPS) is 12.1. The SMILES string of the molecule is C=C/C=C(\C=C/C)N(C)CCC. The van der Waals surface area contributed by atoms with Crippen LogP contribution in [0.25, 0.3) is 0 Å². The van der Waals surface area contributed by atoms with E-state index >= 15 is 0 Å². The van der Waals surface area contributed by atoms with Crippen molar-refractivity contribution in [3.8, 4) is 0 Å². The Kier molecular flexibility index (Phi) is 6.16. The Balaban J connectivity index is 4.28. The summed E-state index contributed by atoms with van der Waals surface area (Å²) in [6, 6.07) is 0. The lowest BCUT2D eigenvalue weighted by Gasteiger charge is -2.18. The summed E-state index contributed by atoms with van der Waals surface area (Å²) in [5.41, 5.74) is 1.22. The number of hydrogen-bond donors (Lipinski definition) is 0. The van der Waals surface area contributed by atoms with Crippen LogP contribution >= 0.6 is 0 Å². The van der Waals surface area contributed by atoms with Gasteiger partial charge in [-0.25, -0.2) is 0 Å². The molecule has 0 aliphatic rings. The van der Waals surface area contributed by atoms with E-state index in [1.54, 1.807) is 0 Å². The van der Waals surface area contributed by atoms with E-state index < -0.39 is 0 Å². The van der Waals surface area contributed by atoms with Crippen LogP contribution in [0.2, 0.25) is 0 Å². The molecule has 0 amide bonds. The molecule has 12 heavy (non-hydrogen) atoms. The van der Waals surface area contributed by atoms with Gasteiger partial charge in [0, 0.05) is 19.3 Å². The molecule has 1 nitrogen and oxygen atoms in total. The fourth-order valence-corrected chi connectivity index (χ4v) is 1.07. The molecule has 0 bridgehead atoms. The van der Waals surface area contributed by atoms with Gasteiger partial charge in [-0.1, -0.05) is 25.7 Å². The molecule has 0 aromatic carbocycles. The molecule has 0 unspecified atom stereocenters. The minimum Gasteiger partial charge on any atom is -0.375 e. The van der Waals surface area contributed by atoms with Crippen LogP contribution in [0.15, 0.2) is 36.6 Å². The molecule has 0 spiro atoms. The highest BCUT2D eigenvalue weighted by molar-refractivity contribution is 5.21.